The van der Waals surface area contributed by atoms with Crippen LogP contribution in [0.4, 0.5) is 5.69 Å². The fraction of sp³-hybridized carbons (Fsp3) is 0.100. The molecule has 3 rings (SSSR count). The Morgan fingerprint density at radius 1 is 1.12 bits per heavy atom. The molecule has 1 heterocycles. The number of anilines is 1. The summed E-state index contributed by atoms with van der Waals surface area (Å²) in [5.74, 6) is -0.804. The number of nitrogens with one attached hydrogen (secondary N) is 1. The summed E-state index contributed by atoms with van der Waals surface area (Å²) in [6.45, 7) is 0.412. The third kappa shape index (κ3) is 6.11. The summed E-state index contributed by atoms with van der Waals surface area (Å²) in [6.07, 6.45) is 4.10. The van der Waals surface area contributed by atoms with Gasteiger partial charge in [-0.25, -0.2) is 4.98 Å². The minimum absolute atomic E-state index is 0. The number of benzene rings is 2. The van der Waals surface area contributed by atoms with Crippen molar-refractivity contribution in [2.45, 2.75) is 6.42 Å². The second-order valence-electron chi connectivity index (χ2n) is 5.47. The van der Waals surface area contributed by atoms with Crippen molar-refractivity contribution in [2.75, 3.05) is 11.9 Å². The van der Waals surface area contributed by atoms with Gasteiger partial charge in [0, 0.05) is 23.2 Å². The molecule has 0 spiro atoms. The number of hydrogen-bond acceptors (Lipinski definition) is 4. The summed E-state index contributed by atoms with van der Waals surface area (Å²) in [5.41, 5.74) is 4.04. The van der Waals surface area contributed by atoms with Gasteiger partial charge in [-0.15, -0.1) is 11.3 Å². The van der Waals surface area contributed by atoms with Crippen LogP contribution in [0.1, 0.15) is 17.0 Å². The fourth-order valence-corrected chi connectivity index (χ4v) is 3.06. The Labute approximate surface area is 178 Å². The van der Waals surface area contributed by atoms with Crippen molar-refractivity contribution in [3.63, 3.8) is 0 Å². The zero-order chi connectivity index (χ0) is 17.5. The van der Waals surface area contributed by atoms with E-state index in [4.69, 9.17) is 5.11 Å². The fourth-order valence-electron chi connectivity index (χ4n) is 2.34. The van der Waals surface area contributed by atoms with E-state index in [0.29, 0.717) is 6.54 Å². The average Bonchev–Trinajstić information content (AvgIpc) is 3.10. The maximum absolute atomic E-state index is 10.6. The van der Waals surface area contributed by atoms with E-state index in [0.717, 1.165) is 27.5 Å². The first kappa shape index (κ1) is 20.4. The van der Waals surface area contributed by atoms with E-state index in [1.165, 1.54) is 0 Å². The molecule has 1 aromatic heterocycles. The standard InChI is InChI=1S/C20H18N2O2S.Na.H/c23-20(24)11-12-21-17-8-4-5-15(13-17)9-10-19-22-18(14-25-19)16-6-2-1-3-7-16;;/h1-10,13-14,21H,11-12H2,(H,23,24);;. The van der Waals surface area contributed by atoms with Crippen molar-refractivity contribution < 1.29 is 9.90 Å². The van der Waals surface area contributed by atoms with E-state index in [2.05, 4.69) is 27.8 Å². The van der Waals surface area contributed by atoms with E-state index in [1.807, 2.05) is 54.6 Å². The molecule has 4 nitrogen and oxygen atoms in total. The van der Waals surface area contributed by atoms with Crippen molar-refractivity contribution in [1.29, 1.82) is 0 Å². The predicted molar refractivity (Wildman–Crippen MR) is 111 cm³/mol. The first-order chi connectivity index (χ1) is 12.2. The molecule has 3 aromatic rings. The van der Waals surface area contributed by atoms with Crippen LogP contribution in [0.2, 0.25) is 0 Å². The molecular weight excluding hydrogens is 355 g/mol. The molecular formula is C20H19N2NaO2S. The molecule has 0 atom stereocenters. The molecule has 0 fully saturated rings. The van der Waals surface area contributed by atoms with Crippen LogP contribution in [0.3, 0.4) is 0 Å². The van der Waals surface area contributed by atoms with Crippen LogP contribution < -0.4 is 5.32 Å². The average molecular weight is 374 g/mol. The molecule has 128 valence electrons. The minimum atomic E-state index is -0.804. The Balaban J connectivity index is 0.00000243. The Morgan fingerprint density at radius 2 is 1.92 bits per heavy atom. The molecule has 0 amide bonds. The molecule has 0 radical (unpaired) electrons. The monoisotopic (exact) mass is 374 g/mol. The van der Waals surface area contributed by atoms with Crippen LogP contribution in [0.25, 0.3) is 23.4 Å². The summed E-state index contributed by atoms with van der Waals surface area (Å²) < 4.78 is 0. The predicted octanol–water partition coefficient (Wildman–Crippen LogP) is 4.22. The van der Waals surface area contributed by atoms with Crippen molar-refractivity contribution in [3.05, 3.63) is 70.5 Å². The molecule has 2 N–H and O–H groups in total. The molecule has 0 aliphatic rings. The van der Waals surface area contributed by atoms with E-state index in [9.17, 15) is 4.79 Å². The summed E-state index contributed by atoms with van der Waals surface area (Å²) in [4.78, 5) is 15.2. The van der Waals surface area contributed by atoms with Gasteiger partial charge >= 0.3 is 35.5 Å². The third-order valence-corrected chi connectivity index (χ3v) is 4.37. The molecule has 26 heavy (non-hydrogen) atoms. The van der Waals surface area contributed by atoms with E-state index < -0.39 is 5.97 Å². The van der Waals surface area contributed by atoms with Gasteiger partial charge in [0.1, 0.15) is 5.01 Å². The SMILES string of the molecule is O=C(O)CCNc1cccc(C=Cc2nc(-c3ccccc3)cs2)c1.[NaH]. The van der Waals surface area contributed by atoms with Gasteiger partial charge in [-0.2, -0.15) is 0 Å². The summed E-state index contributed by atoms with van der Waals surface area (Å²) in [5, 5.41) is 14.8. The van der Waals surface area contributed by atoms with Gasteiger partial charge in [0.05, 0.1) is 12.1 Å². The van der Waals surface area contributed by atoms with E-state index in [1.54, 1.807) is 11.3 Å². The maximum atomic E-state index is 10.6. The molecule has 0 unspecified atom stereocenters. The number of aromatic nitrogens is 1. The summed E-state index contributed by atoms with van der Waals surface area (Å²) in [7, 11) is 0. The Morgan fingerprint density at radius 3 is 2.69 bits per heavy atom. The van der Waals surface area contributed by atoms with E-state index >= 15 is 0 Å². The van der Waals surface area contributed by atoms with Crippen LogP contribution >= 0.6 is 11.3 Å². The van der Waals surface area contributed by atoms with Gasteiger partial charge < -0.3 is 10.4 Å². The van der Waals surface area contributed by atoms with E-state index in [-0.39, 0.29) is 36.0 Å². The van der Waals surface area contributed by atoms with Crippen molar-refractivity contribution in [1.82, 2.24) is 4.98 Å². The second-order valence-corrected chi connectivity index (χ2v) is 6.36. The van der Waals surface area contributed by atoms with Gasteiger partial charge in [0.25, 0.3) is 0 Å². The van der Waals surface area contributed by atoms with Gasteiger partial charge in [-0.3, -0.25) is 4.79 Å². The number of hydrogen-bond donors (Lipinski definition) is 2. The molecule has 0 aliphatic heterocycles. The molecule has 6 heteroatoms. The van der Waals surface area contributed by atoms with Gasteiger partial charge in [0.15, 0.2) is 0 Å². The molecule has 0 saturated carbocycles. The van der Waals surface area contributed by atoms with Crippen LogP contribution in [-0.4, -0.2) is 52.2 Å². The number of aliphatic carboxylic acids is 1. The van der Waals surface area contributed by atoms with Crippen LogP contribution in [0, 0.1) is 0 Å². The van der Waals surface area contributed by atoms with Gasteiger partial charge in [-0.05, 0) is 23.8 Å². The number of carboxylic acid groups (broad SMARTS) is 1. The zero-order valence-corrected chi connectivity index (χ0v) is 14.4. The number of carboxylic acids is 1. The van der Waals surface area contributed by atoms with Crippen LogP contribution in [0.15, 0.2) is 60.0 Å². The quantitative estimate of drug-likeness (QED) is 0.608. The van der Waals surface area contributed by atoms with Gasteiger partial charge in [0.2, 0.25) is 0 Å². The van der Waals surface area contributed by atoms with Gasteiger partial charge in [-0.1, -0.05) is 48.5 Å². The Hall–Kier alpha value is -1.92. The third-order valence-electron chi connectivity index (χ3n) is 3.56. The van der Waals surface area contributed by atoms with Crippen molar-refractivity contribution in [3.8, 4) is 11.3 Å². The normalized spacial score (nSPS) is 10.5. The van der Waals surface area contributed by atoms with Crippen LogP contribution in [0.5, 0.6) is 0 Å². The first-order valence-corrected chi connectivity index (χ1v) is 8.83. The Bertz CT molecular complexity index is 878. The number of carbonyl (C=O) groups is 1. The number of nitrogens with zero attached hydrogens (tertiary/aromatic N) is 1. The summed E-state index contributed by atoms with van der Waals surface area (Å²) >= 11 is 1.61. The molecule has 0 bridgehead atoms. The van der Waals surface area contributed by atoms with Crippen LogP contribution in [-0.2, 0) is 4.79 Å². The summed E-state index contributed by atoms with van der Waals surface area (Å²) in [6, 6.07) is 18.0. The molecule has 0 aliphatic carbocycles. The number of rotatable bonds is 7. The first-order valence-electron chi connectivity index (χ1n) is 7.95. The Kier molecular flexibility index (Phi) is 8.06. The molecule has 0 saturated heterocycles. The number of thiazole rings is 1. The van der Waals surface area contributed by atoms with Crippen molar-refractivity contribution in [2.24, 2.45) is 0 Å². The second kappa shape index (κ2) is 10.3. The topological polar surface area (TPSA) is 62.2 Å². The van der Waals surface area contributed by atoms with Crippen molar-refractivity contribution >= 4 is 64.7 Å². The molecule has 2 aromatic carbocycles. The zero-order valence-electron chi connectivity index (χ0n) is 13.6.